The molecule has 4 rings (SSSR count). The monoisotopic (exact) mass is 370 g/mol. The van der Waals surface area contributed by atoms with Crippen molar-refractivity contribution in [3.05, 3.63) is 125 Å². The van der Waals surface area contributed by atoms with Crippen molar-refractivity contribution < 1.29 is 5.11 Å². The molecule has 134 valence electrons. The lowest BCUT2D eigenvalue weighted by atomic mass is 9.81. The van der Waals surface area contributed by atoms with E-state index in [0.29, 0.717) is 6.42 Å². The van der Waals surface area contributed by atoms with E-state index in [1.165, 1.54) is 16.4 Å². The fraction of sp³-hybridized carbons (Fsp3) is 0.120. The average Bonchev–Trinajstić information content (AvgIpc) is 3.10. The molecule has 0 aliphatic heterocycles. The van der Waals surface area contributed by atoms with Crippen LogP contribution in [0.2, 0.25) is 0 Å². The Labute approximate surface area is 162 Å². The SMILES string of the molecule is Cc1cp(-c2ccccc2)cc1CC(O)(c1ccccc1)c1ccccc1. The quantitative estimate of drug-likeness (QED) is 0.428. The maximum atomic E-state index is 11.8. The normalized spacial score (nSPS) is 12.1. The van der Waals surface area contributed by atoms with Gasteiger partial charge < -0.3 is 5.11 Å². The summed E-state index contributed by atoms with van der Waals surface area (Å²) in [5, 5.41) is 13.2. The smallest absolute Gasteiger partial charge is 0.119 e. The molecule has 1 aromatic heterocycles. The summed E-state index contributed by atoms with van der Waals surface area (Å²) in [7, 11) is -0.445. The number of aryl methyl sites for hydroxylation is 1. The second kappa shape index (κ2) is 7.56. The van der Waals surface area contributed by atoms with Gasteiger partial charge in [-0.15, -0.1) is 0 Å². The summed E-state index contributed by atoms with van der Waals surface area (Å²) < 4.78 is 0. The Morgan fingerprint density at radius 1 is 0.704 bits per heavy atom. The second-order valence-corrected chi connectivity index (χ2v) is 8.83. The molecular formula is C25H23OP. The van der Waals surface area contributed by atoms with Crippen LogP contribution in [0, 0.1) is 6.92 Å². The Morgan fingerprint density at radius 2 is 1.19 bits per heavy atom. The molecule has 0 amide bonds. The Kier molecular flexibility index (Phi) is 4.99. The third-order valence-corrected chi connectivity index (χ3v) is 7.29. The van der Waals surface area contributed by atoms with Crippen molar-refractivity contribution in [2.24, 2.45) is 0 Å². The van der Waals surface area contributed by atoms with Crippen molar-refractivity contribution >= 4 is 7.53 Å². The Bertz CT molecular complexity index is 965. The lowest BCUT2D eigenvalue weighted by Gasteiger charge is -2.29. The van der Waals surface area contributed by atoms with E-state index in [-0.39, 0.29) is 0 Å². The first-order chi connectivity index (χ1) is 13.2. The standard InChI is InChI=1S/C25H23OP/c1-20-18-27(24-15-9-4-10-16-24)19-21(20)17-25(26,22-11-5-2-6-12-22)23-13-7-3-8-14-23/h2-16,18-19,26H,17H2,1H3. The first kappa shape index (κ1) is 17.8. The number of aliphatic hydroxyl groups is 1. The van der Waals surface area contributed by atoms with Gasteiger partial charge in [0.15, 0.2) is 0 Å². The molecule has 1 nitrogen and oxygen atoms in total. The summed E-state index contributed by atoms with van der Waals surface area (Å²) >= 11 is 0. The van der Waals surface area contributed by atoms with Crippen LogP contribution in [0.5, 0.6) is 0 Å². The zero-order chi connectivity index (χ0) is 18.7. The number of benzene rings is 3. The zero-order valence-corrected chi connectivity index (χ0v) is 16.3. The van der Waals surface area contributed by atoms with Crippen molar-refractivity contribution in [3.63, 3.8) is 0 Å². The molecule has 0 saturated carbocycles. The minimum Gasteiger partial charge on any atom is -0.380 e. The van der Waals surface area contributed by atoms with Gasteiger partial charge in [-0.1, -0.05) is 98.5 Å². The molecule has 1 heterocycles. The van der Waals surface area contributed by atoms with Crippen LogP contribution in [0.1, 0.15) is 22.3 Å². The third-order valence-electron chi connectivity index (χ3n) is 5.14. The van der Waals surface area contributed by atoms with Gasteiger partial charge in [-0.05, 0) is 46.1 Å². The molecule has 3 aromatic carbocycles. The van der Waals surface area contributed by atoms with E-state index >= 15 is 0 Å². The highest BCUT2D eigenvalue weighted by Crippen LogP contribution is 2.44. The maximum absolute atomic E-state index is 11.8. The predicted octanol–water partition coefficient (Wildman–Crippen LogP) is 6.45. The van der Waals surface area contributed by atoms with Crippen LogP contribution in [0.4, 0.5) is 0 Å². The molecular weight excluding hydrogens is 347 g/mol. The summed E-state index contributed by atoms with van der Waals surface area (Å²) in [6, 6.07) is 30.6. The summed E-state index contributed by atoms with van der Waals surface area (Å²) in [6.07, 6.45) is 0.578. The first-order valence-corrected chi connectivity index (χ1v) is 10.7. The topological polar surface area (TPSA) is 20.2 Å². The lowest BCUT2D eigenvalue weighted by Crippen LogP contribution is -2.30. The second-order valence-electron chi connectivity index (χ2n) is 6.98. The minimum atomic E-state index is -1.04. The molecule has 0 radical (unpaired) electrons. The molecule has 1 atom stereocenters. The number of hydrogen-bond donors (Lipinski definition) is 1. The average molecular weight is 370 g/mol. The highest BCUT2D eigenvalue weighted by Gasteiger charge is 2.32. The van der Waals surface area contributed by atoms with Gasteiger partial charge in [0.1, 0.15) is 5.60 Å². The zero-order valence-electron chi connectivity index (χ0n) is 15.4. The Morgan fingerprint density at radius 3 is 1.70 bits per heavy atom. The van der Waals surface area contributed by atoms with Crippen molar-refractivity contribution in [3.8, 4) is 5.30 Å². The van der Waals surface area contributed by atoms with Gasteiger partial charge >= 0.3 is 0 Å². The van der Waals surface area contributed by atoms with E-state index in [1.54, 1.807) is 0 Å². The molecule has 2 heteroatoms. The van der Waals surface area contributed by atoms with Gasteiger partial charge in [0, 0.05) is 6.42 Å². The molecule has 1 N–H and O–H groups in total. The van der Waals surface area contributed by atoms with Crippen molar-refractivity contribution in [1.29, 1.82) is 0 Å². The van der Waals surface area contributed by atoms with E-state index in [4.69, 9.17) is 0 Å². The highest BCUT2D eigenvalue weighted by molar-refractivity contribution is 7.56. The number of hydrogen-bond acceptors (Lipinski definition) is 1. The molecule has 0 fully saturated rings. The molecule has 0 aliphatic rings. The molecule has 0 aliphatic carbocycles. The summed E-state index contributed by atoms with van der Waals surface area (Å²) in [6.45, 7) is 2.16. The number of rotatable bonds is 5. The van der Waals surface area contributed by atoms with E-state index < -0.39 is 13.1 Å². The summed E-state index contributed by atoms with van der Waals surface area (Å²) in [4.78, 5) is 0. The van der Waals surface area contributed by atoms with E-state index in [9.17, 15) is 5.11 Å². The third kappa shape index (κ3) is 3.62. The van der Waals surface area contributed by atoms with Crippen LogP contribution in [0.25, 0.3) is 5.30 Å². The highest BCUT2D eigenvalue weighted by atomic mass is 31.1. The Balaban J connectivity index is 1.76. The van der Waals surface area contributed by atoms with Gasteiger partial charge in [0.2, 0.25) is 0 Å². The lowest BCUT2D eigenvalue weighted by molar-refractivity contribution is 0.0811. The molecule has 1 unspecified atom stereocenters. The van der Waals surface area contributed by atoms with E-state index in [0.717, 1.165) is 11.1 Å². The van der Waals surface area contributed by atoms with E-state index in [2.05, 4.69) is 48.9 Å². The summed E-state index contributed by atoms with van der Waals surface area (Å²) in [5.41, 5.74) is 3.34. The van der Waals surface area contributed by atoms with Crippen molar-refractivity contribution in [1.82, 2.24) is 0 Å². The largest absolute Gasteiger partial charge is 0.380 e. The van der Waals surface area contributed by atoms with Crippen LogP contribution < -0.4 is 0 Å². The molecule has 4 aromatic rings. The molecule has 0 spiro atoms. The van der Waals surface area contributed by atoms with Crippen molar-refractivity contribution in [2.75, 3.05) is 0 Å². The predicted molar refractivity (Wildman–Crippen MR) is 115 cm³/mol. The summed E-state index contributed by atoms with van der Waals surface area (Å²) in [5.74, 6) is 4.72. The fourth-order valence-electron chi connectivity index (χ4n) is 3.61. The van der Waals surface area contributed by atoms with Gasteiger partial charge in [0.25, 0.3) is 0 Å². The molecule has 0 saturated heterocycles. The van der Waals surface area contributed by atoms with Gasteiger partial charge in [-0.2, -0.15) is 0 Å². The van der Waals surface area contributed by atoms with Crippen LogP contribution in [0.3, 0.4) is 0 Å². The first-order valence-electron chi connectivity index (χ1n) is 9.23. The van der Waals surface area contributed by atoms with Crippen LogP contribution in [0.15, 0.2) is 103 Å². The maximum Gasteiger partial charge on any atom is 0.119 e. The van der Waals surface area contributed by atoms with Gasteiger partial charge in [0.05, 0.1) is 0 Å². The van der Waals surface area contributed by atoms with E-state index in [1.807, 2.05) is 60.7 Å². The minimum absolute atomic E-state index is 0.445. The molecule has 27 heavy (non-hydrogen) atoms. The van der Waals surface area contributed by atoms with Gasteiger partial charge in [-0.3, -0.25) is 0 Å². The van der Waals surface area contributed by atoms with Gasteiger partial charge in [-0.25, -0.2) is 0 Å². The van der Waals surface area contributed by atoms with Crippen LogP contribution in [-0.2, 0) is 12.0 Å². The molecule has 0 bridgehead atoms. The van der Waals surface area contributed by atoms with Crippen molar-refractivity contribution in [2.45, 2.75) is 18.9 Å². The van der Waals surface area contributed by atoms with Crippen LogP contribution in [-0.4, -0.2) is 5.11 Å². The fourth-order valence-corrected chi connectivity index (χ4v) is 5.71. The Hall–Kier alpha value is -2.60. The van der Waals surface area contributed by atoms with Crippen LogP contribution >= 0.6 is 7.53 Å².